The van der Waals surface area contributed by atoms with Gasteiger partial charge in [-0.3, -0.25) is 4.57 Å². The first-order valence-electron chi connectivity index (χ1n) is 20.7. The number of anilines is 3. The van der Waals surface area contributed by atoms with Crippen molar-refractivity contribution < 1.29 is 0 Å². The lowest BCUT2D eigenvalue weighted by Crippen LogP contribution is -2.09. The van der Waals surface area contributed by atoms with Crippen molar-refractivity contribution in [2.45, 2.75) is 0 Å². The van der Waals surface area contributed by atoms with Gasteiger partial charge in [0.1, 0.15) is 5.82 Å². The third-order valence-corrected chi connectivity index (χ3v) is 11.3. The summed E-state index contributed by atoms with van der Waals surface area (Å²) in [6, 6.07) is 77.8. The van der Waals surface area contributed by atoms with E-state index in [4.69, 9.17) is 19.9 Å². The summed E-state index contributed by atoms with van der Waals surface area (Å²) in [4.78, 5) is 23.2. The zero-order valence-corrected chi connectivity index (χ0v) is 33.6. The molecule has 62 heavy (non-hydrogen) atoms. The van der Waals surface area contributed by atoms with E-state index >= 15 is 0 Å². The minimum absolute atomic E-state index is 0.487. The molecule has 0 spiro atoms. The molecule has 6 nitrogen and oxygen atoms in total. The van der Waals surface area contributed by atoms with Crippen LogP contribution in [0.4, 0.5) is 17.1 Å². The van der Waals surface area contributed by atoms with Gasteiger partial charge in [0.25, 0.3) is 0 Å². The van der Waals surface area contributed by atoms with Gasteiger partial charge in [-0.15, -0.1) is 0 Å². The molecule has 0 saturated heterocycles. The summed E-state index contributed by atoms with van der Waals surface area (Å²) in [6.45, 7) is 0. The summed E-state index contributed by atoms with van der Waals surface area (Å²) in [5.41, 5.74) is 13.5. The molecule has 3 heterocycles. The van der Waals surface area contributed by atoms with Crippen molar-refractivity contribution in [3.8, 4) is 73.5 Å². The first-order chi connectivity index (χ1) is 30.7. The standard InChI is InChI=1S/C56H38N6/c1-5-17-39(18-6-1)42-21-13-23-44(37-42)53-58-54(45-24-14-22-43(38-45)40-19-7-2-8-20-40)60-56(59-53)61-36-16-31-51-50-30-15-29-49(52(50)57-55(51)61)41-32-34-48(35-33-41)62(46-25-9-3-10-26-46)47-27-11-4-12-28-47/h1-38H. The van der Waals surface area contributed by atoms with Crippen LogP contribution in [-0.4, -0.2) is 24.5 Å². The number of pyridine rings is 1. The topological polar surface area (TPSA) is 59.7 Å². The number of aromatic nitrogens is 5. The predicted octanol–water partition coefficient (Wildman–Crippen LogP) is 14.1. The maximum Gasteiger partial charge on any atom is 0.239 e. The fraction of sp³-hybridized carbons (Fsp3) is 0. The fourth-order valence-electron chi connectivity index (χ4n) is 8.27. The van der Waals surface area contributed by atoms with Crippen LogP contribution in [0.3, 0.4) is 0 Å². The molecular weight excluding hydrogens is 757 g/mol. The Balaban J connectivity index is 1.03. The second kappa shape index (κ2) is 15.9. The largest absolute Gasteiger partial charge is 0.311 e. The van der Waals surface area contributed by atoms with Crippen molar-refractivity contribution in [1.82, 2.24) is 24.5 Å². The normalized spacial score (nSPS) is 11.2. The molecule has 9 aromatic rings. The number of hydrogen-bond acceptors (Lipinski definition) is 5. The highest BCUT2D eigenvalue weighted by Crippen LogP contribution is 2.40. The molecule has 0 amide bonds. The fourth-order valence-corrected chi connectivity index (χ4v) is 8.27. The summed E-state index contributed by atoms with van der Waals surface area (Å²) in [7, 11) is 0. The van der Waals surface area contributed by atoms with Crippen LogP contribution in [0.1, 0.15) is 0 Å². The van der Waals surface area contributed by atoms with Gasteiger partial charge in [0.05, 0.1) is 5.52 Å². The predicted molar refractivity (Wildman–Crippen MR) is 253 cm³/mol. The Hall–Kier alpha value is -8.48. The third kappa shape index (κ3) is 6.95. The molecule has 1 aromatic heterocycles. The minimum atomic E-state index is 0.487. The summed E-state index contributed by atoms with van der Waals surface area (Å²) in [5, 5.41) is 1.06. The Labute approximate surface area is 360 Å². The smallest absolute Gasteiger partial charge is 0.239 e. The number of fused-ring (bicyclic) bond motifs is 3. The minimum Gasteiger partial charge on any atom is -0.311 e. The van der Waals surface area contributed by atoms with E-state index in [-0.39, 0.29) is 0 Å². The molecule has 0 saturated carbocycles. The molecule has 0 bridgehead atoms. The zero-order valence-electron chi connectivity index (χ0n) is 33.6. The van der Waals surface area contributed by atoms with Crippen molar-refractivity contribution >= 4 is 28.0 Å². The SMILES string of the molecule is c1ccc(-c2cccc(-c3nc(-c4cccc(-c5ccccc5)c4)nc(-n4cccc5c6cccc(-c7ccc(N(c8ccccc8)c8ccccc8)cc7)c6nc4-5)n3)c2)cc1. The highest BCUT2D eigenvalue weighted by atomic mass is 15.2. The molecule has 0 radical (unpaired) electrons. The molecule has 0 unspecified atom stereocenters. The first kappa shape index (κ1) is 36.6. The van der Waals surface area contributed by atoms with E-state index in [9.17, 15) is 0 Å². The molecule has 0 fully saturated rings. The van der Waals surface area contributed by atoms with Crippen LogP contribution in [0.15, 0.2) is 231 Å². The Kier molecular flexibility index (Phi) is 9.41. The van der Waals surface area contributed by atoms with Crippen LogP contribution in [-0.2, 0) is 0 Å². The van der Waals surface area contributed by atoms with E-state index in [1.165, 1.54) is 0 Å². The van der Waals surface area contributed by atoms with Crippen LogP contribution < -0.4 is 4.90 Å². The number of hydrogen-bond donors (Lipinski definition) is 0. The van der Waals surface area contributed by atoms with Crippen molar-refractivity contribution in [3.05, 3.63) is 231 Å². The Bertz CT molecular complexity index is 3130. The van der Waals surface area contributed by atoms with Gasteiger partial charge in [-0.25, -0.2) is 9.97 Å². The van der Waals surface area contributed by atoms with Gasteiger partial charge >= 0.3 is 0 Å². The Morgan fingerprint density at radius 1 is 0.323 bits per heavy atom. The summed E-state index contributed by atoms with van der Waals surface area (Å²) < 4.78 is 2.00. The van der Waals surface area contributed by atoms with E-state index in [2.05, 4.69) is 199 Å². The molecule has 8 aromatic carbocycles. The molecule has 292 valence electrons. The summed E-state index contributed by atoms with van der Waals surface area (Å²) in [6.07, 6.45) is 1.99. The van der Waals surface area contributed by atoms with Crippen LogP contribution >= 0.6 is 0 Å². The van der Waals surface area contributed by atoms with Crippen molar-refractivity contribution in [2.75, 3.05) is 4.90 Å². The second-order valence-electron chi connectivity index (χ2n) is 15.2. The average molecular weight is 795 g/mol. The molecule has 0 atom stereocenters. The lowest BCUT2D eigenvalue weighted by atomic mass is 10.0. The molecule has 0 N–H and O–H groups in total. The molecule has 2 aliphatic rings. The monoisotopic (exact) mass is 794 g/mol. The van der Waals surface area contributed by atoms with Gasteiger partial charge in [0.2, 0.25) is 5.95 Å². The maximum atomic E-state index is 5.39. The second-order valence-corrected chi connectivity index (χ2v) is 15.2. The van der Waals surface area contributed by atoms with Crippen LogP contribution in [0.25, 0.3) is 84.4 Å². The first-order valence-corrected chi connectivity index (χ1v) is 20.7. The van der Waals surface area contributed by atoms with Gasteiger partial charge in [0, 0.05) is 50.9 Å². The van der Waals surface area contributed by atoms with Crippen molar-refractivity contribution in [2.24, 2.45) is 0 Å². The number of benzene rings is 8. The van der Waals surface area contributed by atoms with Gasteiger partial charge in [-0.2, -0.15) is 9.97 Å². The van der Waals surface area contributed by atoms with Crippen LogP contribution in [0.2, 0.25) is 0 Å². The Morgan fingerprint density at radius 3 is 1.35 bits per heavy atom. The van der Waals surface area contributed by atoms with Gasteiger partial charge in [-0.05, 0) is 88.5 Å². The molecule has 11 rings (SSSR count). The zero-order chi connectivity index (χ0) is 41.2. The van der Waals surface area contributed by atoms with Gasteiger partial charge in [0.15, 0.2) is 11.6 Å². The molecule has 0 aliphatic carbocycles. The average Bonchev–Trinajstić information content (AvgIpc) is 3.75. The van der Waals surface area contributed by atoms with E-state index in [0.29, 0.717) is 17.6 Å². The number of nitrogens with zero attached hydrogens (tertiary/aromatic N) is 6. The highest BCUT2D eigenvalue weighted by molar-refractivity contribution is 6.04. The molecule has 2 aliphatic heterocycles. The third-order valence-electron chi connectivity index (χ3n) is 11.3. The van der Waals surface area contributed by atoms with Crippen LogP contribution in [0, 0.1) is 0 Å². The quantitative estimate of drug-likeness (QED) is 0.146. The van der Waals surface area contributed by atoms with E-state index in [0.717, 1.165) is 83.9 Å². The summed E-state index contributed by atoms with van der Waals surface area (Å²) >= 11 is 0. The molecule has 6 heteroatoms. The Morgan fingerprint density at radius 2 is 0.790 bits per heavy atom. The number of rotatable bonds is 9. The molecular formula is C56H38N6. The lowest BCUT2D eigenvalue weighted by molar-refractivity contribution is 0.892. The summed E-state index contributed by atoms with van der Waals surface area (Å²) in [5.74, 6) is 2.41. The van der Waals surface area contributed by atoms with E-state index in [1.54, 1.807) is 0 Å². The lowest BCUT2D eigenvalue weighted by Gasteiger charge is -2.25. The van der Waals surface area contributed by atoms with Crippen molar-refractivity contribution in [3.63, 3.8) is 0 Å². The maximum absolute atomic E-state index is 5.39. The van der Waals surface area contributed by atoms with Crippen LogP contribution in [0.5, 0.6) is 0 Å². The number of para-hydroxylation sites is 3. The van der Waals surface area contributed by atoms with E-state index in [1.807, 2.05) is 41.1 Å². The highest BCUT2D eigenvalue weighted by Gasteiger charge is 2.22. The van der Waals surface area contributed by atoms with Crippen molar-refractivity contribution in [1.29, 1.82) is 0 Å². The van der Waals surface area contributed by atoms with Gasteiger partial charge in [-0.1, -0.05) is 164 Å². The van der Waals surface area contributed by atoms with E-state index < -0.39 is 0 Å². The van der Waals surface area contributed by atoms with Gasteiger partial charge < -0.3 is 4.90 Å².